The summed E-state index contributed by atoms with van der Waals surface area (Å²) in [5.74, 6) is 0. The second kappa shape index (κ2) is 5.96. The van der Waals surface area contributed by atoms with Gasteiger partial charge < -0.3 is 10.0 Å². The average molecular weight is 254 g/mol. The molecule has 2 rings (SSSR count). The van der Waals surface area contributed by atoms with E-state index in [1.807, 2.05) is 0 Å². The first-order chi connectivity index (χ1) is 8.15. The molecule has 3 nitrogen and oxygen atoms in total. The van der Waals surface area contributed by atoms with Crippen LogP contribution in [0.3, 0.4) is 0 Å². The first-order valence-corrected chi connectivity index (χ1v) is 7.17. The van der Waals surface area contributed by atoms with E-state index in [-0.39, 0.29) is 6.10 Å². The molecule has 1 aliphatic heterocycles. The summed E-state index contributed by atoms with van der Waals surface area (Å²) < 4.78 is 0. The number of β-amino-alcohol motifs (C(OH)–C–C–N with tert-alkyl or cyclic N) is 1. The molecule has 2 atom stereocenters. The van der Waals surface area contributed by atoms with Crippen LogP contribution in [-0.4, -0.2) is 60.8 Å². The predicted molar refractivity (Wildman–Crippen MR) is 72.6 cm³/mol. The van der Waals surface area contributed by atoms with Crippen molar-refractivity contribution >= 4 is 11.3 Å². The van der Waals surface area contributed by atoms with Crippen molar-refractivity contribution in [2.75, 3.05) is 33.7 Å². The molecule has 0 aromatic carbocycles. The Hall–Kier alpha value is -0.420. The van der Waals surface area contributed by atoms with Gasteiger partial charge in [-0.25, -0.2) is 0 Å². The van der Waals surface area contributed by atoms with Gasteiger partial charge in [-0.3, -0.25) is 4.90 Å². The molecule has 4 heteroatoms. The summed E-state index contributed by atoms with van der Waals surface area (Å²) in [6, 6.07) is 2.71. The van der Waals surface area contributed by atoms with Gasteiger partial charge in [0.2, 0.25) is 0 Å². The van der Waals surface area contributed by atoms with Crippen LogP contribution >= 0.6 is 11.3 Å². The van der Waals surface area contributed by atoms with Crippen molar-refractivity contribution in [2.24, 2.45) is 0 Å². The normalized spacial score (nSPS) is 25.9. The highest BCUT2D eigenvalue weighted by atomic mass is 32.1. The smallest absolute Gasteiger partial charge is 0.0682 e. The zero-order chi connectivity index (χ0) is 12.3. The molecule has 0 bridgehead atoms. The van der Waals surface area contributed by atoms with Crippen LogP contribution in [0.2, 0.25) is 0 Å². The Kier molecular flexibility index (Phi) is 4.56. The molecule has 2 heterocycles. The van der Waals surface area contributed by atoms with E-state index in [4.69, 9.17) is 0 Å². The van der Waals surface area contributed by atoms with Gasteiger partial charge in [0.15, 0.2) is 0 Å². The third-order valence-electron chi connectivity index (χ3n) is 3.35. The fourth-order valence-corrected chi connectivity index (χ4v) is 3.25. The molecule has 0 amide bonds. The monoisotopic (exact) mass is 254 g/mol. The van der Waals surface area contributed by atoms with E-state index < -0.39 is 0 Å². The van der Waals surface area contributed by atoms with Crippen LogP contribution in [0.4, 0.5) is 0 Å². The minimum atomic E-state index is -0.137. The quantitative estimate of drug-likeness (QED) is 0.858. The zero-order valence-electron chi connectivity index (χ0n) is 10.7. The van der Waals surface area contributed by atoms with Gasteiger partial charge in [-0.2, -0.15) is 11.3 Å². The molecule has 1 saturated heterocycles. The molecule has 2 unspecified atom stereocenters. The van der Waals surface area contributed by atoms with E-state index in [0.717, 1.165) is 32.5 Å². The van der Waals surface area contributed by atoms with Gasteiger partial charge in [0.05, 0.1) is 6.10 Å². The third kappa shape index (κ3) is 3.78. The molecule has 0 aliphatic carbocycles. The summed E-state index contributed by atoms with van der Waals surface area (Å²) in [5, 5.41) is 14.1. The molecule has 1 aromatic rings. The second-order valence-corrected chi connectivity index (χ2v) is 5.96. The number of likely N-dealkylation sites (N-methyl/N-ethyl adjacent to an activating group) is 1. The summed E-state index contributed by atoms with van der Waals surface area (Å²) in [6.45, 7) is 2.94. The molecule has 1 aliphatic rings. The molecule has 0 saturated carbocycles. The molecule has 1 N–H and O–H groups in total. The van der Waals surface area contributed by atoms with E-state index in [0.29, 0.717) is 6.04 Å². The van der Waals surface area contributed by atoms with Crippen LogP contribution in [-0.2, 0) is 6.42 Å². The Morgan fingerprint density at radius 1 is 1.53 bits per heavy atom. The summed E-state index contributed by atoms with van der Waals surface area (Å²) >= 11 is 1.76. The van der Waals surface area contributed by atoms with Crippen molar-refractivity contribution in [1.29, 1.82) is 0 Å². The molecule has 1 aromatic heterocycles. The van der Waals surface area contributed by atoms with E-state index >= 15 is 0 Å². The Labute approximate surface area is 108 Å². The molecule has 17 heavy (non-hydrogen) atoms. The van der Waals surface area contributed by atoms with Crippen LogP contribution in [0.15, 0.2) is 16.8 Å². The van der Waals surface area contributed by atoms with Crippen LogP contribution in [0, 0.1) is 0 Å². The van der Waals surface area contributed by atoms with Crippen molar-refractivity contribution in [3.05, 3.63) is 22.4 Å². The number of likely N-dealkylation sites (tertiary alicyclic amines) is 1. The Morgan fingerprint density at radius 3 is 3.00 bits per heavy atom. The fraction of sp³-hybridized carbons (Fsp3) is 0.692. The number of thiophene rings is 1. The van der Waals surface area contributed by atoms with Gasteiger partial charge in [0.25, 0.3) is 0 Å². The third-order valence-corrected chi connectivity index (χ3v) is 4.08. The maximum atomic E-state index is 9.78. The summed E-state index contributed by atoms with van der Waals surface area (Å²) in [7, 11) is 4.20. The van der Waals surface area contributed by atoms with E-state index in [9.17, 15) is 5.11 Å². The molecule has 0 radical (unpaired) electrons. The molecule has 96 valence electrons. The molecule has 1 fully saturated rings. The van der Waals surface area contributed by atoms with Crippen molar-refractivity contribution in [2.45, 2.75) is 25.0 Å². The summed E-state index contributed by atoms with van der Waals surface area (Å²) in [5.41, 5.74) is 1.42. The minimum Gasteiger partial charge on any atom is -0.392 e. The Balaban J connectivity index is 1.85. The highest BCUT2D eigenvalue weighted by Crippen LogP contribution is 2.19. The Morgan fingerprint density at radius 2 is 2.35 bits per heavy atom. The maximum Gasteiger partial charge on any atom is 0.0682 e. The van der Waals surface area contributed by atoms with Crippen molar-refractivity contribution in [1.82, 2.24) is 9.80 Å². The number of hydrogen-bond donors (Lipinski definition) is 1. The molecular formula is C13H22N2OS. The van der Waals surface area contributed by atoms with Gasteiger partial charge >= 0.3 is 0 Å². The first kappa shape index (κ1) is 13.0. The van der Waals surface area contributed by atoms with E-state index in [2.05, 4.69) is 40.7 Å². The molecule has 0 spiro atoms. The fourth-order valence-electron chi connectivity index (χ4n) is 2.55. The summed E-state index contributed by atoms with van der Waals surface area (Å²) in [6.07, 6.45) is 1.88. The Bertz CT molecular complexity index is 326. The van der Waals surface area contributed by atoms with Gasteiger partial charge in [-0.15, -0.1) is 0 Å². The number of aliphatic hydroxyl groups excluding tert-OH is 1. The standard InChI is InChI=1S/C13H22N2OS/c1-14(2)8-12-7-13(16)9-15(12)5-3-11-4-6-17-10-11/h4,6,10,12-13,16H,3,5,7-9H2,1-2H3. The number of rotatable bonds is 5. The van der Waals surface area contributed by atoms with Gasteiger partial charge in [-0.1, -0.05) is 0 Å². The average Bonchev–Trinajstić information content (AvgIpc) is 2.84. The van der Waals surface area contributed by atoms with Gasteiger partial charge in [0.1, 0.15) is 0 Å². The predicted octanol–water partition coefficient (Wildman–Crippen LogP) is 1.29. The highest BCUT2D eigenvalue weighted by molar-refractivity contribution is 7.07. The lowest BCUT2D eigenvalue weighted by Crippen LogP contribution is -2.38. The van der Waals surface area contributed by atoms with Crippen LogP contribution < -0.4 is 0 Å². The number of nitrogens with zero attached hydrogens (tertiary/aromatic N) is 2. The van der Waals surface area contributed by atoms with Crippen LogP contribution in [0.1, 0.15) is 12.0 Å². The van der Waals surface area contributed by atoms with Crippen LogP contribution in [0.25, 0.3) is 0 Å². The van der Waals surface area contributed by atoms with E-state index in [1.54, 1.807) is 11.3 Å². The minimum absolute atomic E-state index is 0.137. The SMILES string of the molecule is CN(C)CC1CC(O)CN1CCc1ccsc1. The lowest BCUT2D eigenvalue weighted by molar-refractivity contribution is 0.173. The molecular weight excluding hydrogens is 232 g/mol. The zero-order valence-corrected chi connectivity index (χ0v) is 11.5. The maximum absolute atomic E-state index is 9.78. The van der Waals surface area contributed by atoms with Crippen molar-refractivity contribution in [3.8, 4) is 0 Å². The first-order valence-electron chi connectivity index (χ1n) is 6.23. The van der Waals surface area contributed by atoms with E-state index in [1.165, 1.54) is 5.56 Å². The number of hydrogen-bond acceptors (Lipinski definition) is 4. The highest BCUT2D eigenvalue weighted by Gasteiger charge is 2.30. The van der Waals surface area contributed by atoms with Crippen molar-refractivity contribution in [3.63, 3.8) is 0 Å². The lowest BCUT2D eigenvalue weighted by Gasteiger charge is -2.26. The second-order valence-electron chi connectivity index (χ2n) is 5.18. The van der Waals surface area contributed by atoms with Gasteiger partial charge in [-0.05, 0) is 49.3 Å². The topological polar surface area (TPSA) is 26.7 Å². The number of aliphatic hydroxyl groups is 1. The lowest BCUT2D eigenvalue weighted by atomic mass is 10.2. The largest absolute Gasteiger partial charge is 0.392 e. The van der Waals surface area contributed by atoms with Crippen molar-refractivity contribution < 1.29 is 5.11 Å². The van der Waals surface area contributed by atoms with Gasteiger partial charge in [0, 0.05) is 25.7 Å². The summed E-state index contributed by atoms with van der Waals surface area (Å²) in [4.78, 5) is 4.64. The van der Waals surface area contributed by atoms with Crippen LogP contribution in [0.5, 0.6) is 0 Å².